The third kappa shape index (κ3) is 4.48. The van der Waals surface area contributed by atoms with Crippen LogP contribution in [0, 0.1) is 17.2 Å². The summed E-state index contributed by atoms with van der Waals surface area (Å²) >= 11 is 0. The zero-order valence-corrected chi connectivity index (χ0v) is 15.1. The summed E-state index contributed by atoms with van der Waals surface area (Å²) in [6.07, 6.45) is -4.82. The van der Waals surface area contributed by atoms with Gasteiger partial charge in [-0.2, -0.15) is 18.4 Å². The number of amides is 1. The fourth-order valence-electron chi connectivity index (χ4n) is 3.23. The molecule has 0 bridgehead atoms. The van der Waals surface area contributed by atoms with Crippen LogP contribution in [0.25, 0.3) is 0 Å². The maximum atomic E-state index is 12.9. The second-order valence-electron chi connectivity index (χ2n) is 6.81. The summed E-state index contributed by atoms with van der Waals surface area (Å²) in [5.41, 5.74) is -0.383. The Bertz CT molecular complexity index is 756. The van der Waals surface area contributed by atoms with E-state index in [1.807, 2.05) is 13.8 Å². The molecule has 0 heterocycles. The van der Waals surface area contributed by atoms with Gasteiger partial charge in [0.15, 0.2) is 0 Å². The number of hydrogen-bond donors (Lipinski definition) is 1. The highest BCUT2D eigenvalue weighted by Gasteiger charge is 2.47. The molecule has 1 amide bonds. The second-order valence-corrected chi connectivity index (χ2v) is 6.81. The van der Waals surface area contributed by atoms with Crippen LogP contribution in [0.2, 0.25) is 0 Å². The molecule has 0 aromatic heterocycles. The zero-order valence-electron chi connectivity index (χ0n) is 15.1. The highest BCUT2D eigenvalue weighted by Crippen LogP contribution is 2.38. The highest BCUT2D eigenvalue weighted by atomic mass is 19.4. The van der Waals surface area contributed by atoms with E-state index in [1.54, 1.807) is 60.7 Å². The van der Waals surface area contributed by atoms with E-state index in [0.29, 0.717) is 11.1 Å². The summed E-state index contributed by atoms with van der Waals surface area (Å²) < 4.78 is 38.8. The van der Waals surface area contributed by atoms with Crippen LogP contribution in [-0.4, -0.2) is 18.1 Å². The first-order valence-electron chi connectivity index (χ1n) is 8.61. The Morgan fingerprint density at radius 3 is 1.78 bits per heavy atom. The van der Waals surface area contributed by atoms with Crippen molar-refractivity contribution >= 4 is 5.91 Å². The number of nitrogens with one attached hydrogen (secondary N) is 1. The van der Waals surface area contributed by atoms with Crippen LogP contribution in [0.5, 0.6) is 0 Å². The van der Waals surface area contributed by atoms with Crippen molar-refractivity contribution in [1.82, 2.24) is 5.32 Å². The lowest BCUT2D eigenvalue weighted by molar-refractivity contribution is -0.174. The van der Waals surface area contributed by atoms with Gasteiger partial charge in [-0.3, -0.25) is 4.79 Å². The summed E-state index contributed by atoms with van der Waals surface area (Å²) in [5, 5.41) is 12.3. The molecule has 0 saturated heterocycles. The minimum absolute atomic E-state index is 0.0383. The van der Waals surface area contributed by atoms with Crippen molar-refractivity contribution < 1.29 is 18.0 Å². The SMILES string of the molecule is CC(C)C[C@H](NC(=O)C(F)(F)F)C(C#N)(c1ccccc1)c1ccccc1. The van der Waals surface area contributed by atoms with Crippen molar-refractivity contribution in [3.63, 3.8) is 0 Å². The second kappa shape index (κ2) is 8.26. The summed E-state index contributed by atoms with van der Waals surface area (Å²) in [6, 6.07) is 18.4. The van der Waals surface area contributed by atoms with E-state index in [-0.39, 0.29) is 12.3 Å². The van der Waals surface area contributed by atoms with Gasteiger partial charge in [-0.1, -0.05) is 74.5 Å². The molecule has 0 saturated carbocycles. The fourth-order valence-corrected chi connectivity index (χ4v) is 3.23. The van der Waals surface area contributed by atoms with Crippen molar-refractivity contribution in [2.75, 3.05) is 0 Å². The topological polar surface area (TPSA) is 52.9 Å². The van der Waals surface area contributed by atoms with Crippen molar-refractivity contribution in [2.45, 2.75) is 37.9 Å². The molecule has 1 N–H and O–H groups in total. The molecule has 0 aliphatic rings. The van der Waals surface area contributed by atoms with E-state index in [4.69, 9.17) is 0 Å². The predicted octanol–water partition coefficient (Wildman–Crippen LogP) is 4.59. The molecule has 1 atom stereocenters. The first-order chi connectivity index (χ1) is 12.7. The van der Waals surface area contributed by atoms with Gasteiger partial charge in [-0.25, -0.2) is 0 Å². The molecule has 0 fully saturated rings. The summed E-state index contributed by atoms with van der Waals surface area (Å²) in [5.74, 6) is -2.08. The molecular weight excluding hydrogens is 353 g/mol. The monoisotopic (exact) mass is 374 g/mol. The number of alkyl halides is 3. The lowest BCUT2D eigenvalue weighted by Gasteiger charge is -2.37. The molecule has 2 aromatic carbocycles. The summed E-state index contributed by atoms with van der Waals surface area (Å²) in [6.45, 7) is 3.68. The van der Waals surface area contributed by atoms with Gasteiger partial charge < -0.3 is 5.32 Å². The number of rotatable bonds is 6. The van der Waals surface area contributed by atoms with Crippen molar-refractivity contribution in [3.05, 3.63) is 71.8 Å². The van der Waals surface area contributed by atoms with Crippen LogP contribution in [0.3, 0.4) is 0 Å². The third-order valence-corrected chi connectivity index (χ3v) is 4.43. The first-order valence-corrected chi connectivity index (χ1v) is 8.61. The minimum Gasteiger partial charge on any atom is -0.343 e. The molecule has 0 aliphatic heterocycles. The minimum atomic E-state index is -5.02. The molecule has 0 spiro atoms. The van der Waals surface area contributed by atoms with Gasteiger partial charge in [0.25, 0.3) is 0 Å². The molecule has 2 aromatic rings. The van der Waals surface area contributed by atoms with E-state index in [2.05, 4.69) is 11.4 Å². The number of carbonyl (C=O) groups excluding carboxylic acids is 1. The zero-order chi connectivity index (χ0) is 20.1. The van der Waals surface area contributed by atoms with Crippen LogP contribution >= 0.6 is 0 Å². The fraction of sp³-hybridized carbons (Fsp3) is 0.333. The predicted molar refractivity (Wildman–Crippen MR) is 96.7 cm³/mol. The molecule has 0 radical (unpaired) electrons. The number of nitrogens with zero attached hydrogens (tertiary/aromatic N) is 1. The Balaban J connectivity index is 2.67. The Kier molecular flexibility index (Phi) is 6.27. The van der Waals surface area contributed by atoms with Gasteiger partial charge >= 0.3 is 12.1 Å². The maximum Gasteiger partial charge on any atom is 0.471 e. The van der Waals surface area contributed by atoms with Crippen LogP contribution in [0.15, 0.2) is 60.7 Å². The normalized spacial score (nSPS) is 13.1. The van der Waals surface area contributed by atoms with Crippen LogP contribution in [0.1, 0.15) is 31.4 Å². The average Bonchev–Trinajstić information content (AvgIpc) is 2.63. The average molecular weight is 374 g/mol. The molecular formula is C21H21F3N2O. The Morgan fingerprint density at radius 1 is 1.00 bits per heavy atom. The number of benzene rings is 2. The van der Waals surface area contributed by atoms with Gasteiger partial charge in [-0.15, -0.1) is 0 Å². The van der Waals surface area contributed by atoms with Crippen LogP contribution < -0.4 is 5.32 Å². The van der Waals surface area contributed by atoms with Crippen molar-refractivity contribution in [2.24, 2.45) is 5.92 Å². The smallest absolute Gasteiger partial charge is 0.343 e. The van der Waals surface area contributed by atoms with Crippen molar-refractivity contribution in [1.29, 1.82) is 5.26 Å². The first kappa shape index (κ1) is 20.5. The Hall–Kier alpha value is -2.81. The van der Waals surface area contributed by atoms with E-state index >= 15 is 0 Å². The molecule has 142 valence electrons. The van der Waals surface area contributed by atoms with Gasteiger partial charge in [0.1, 0.15) is 5.41 Å². The van der Waals surface area contributed by atoms with E-state index < -0.39 is 23.5 Å². The van der Waals surface area contributed by atoms with Crippen molar-refractivity contribution in [3.8, 4) is 6.07 Å². The van der Waals surface area contributed by atoms with Crippen LogP contribution in [-0.2, 0) is 10.2 Å². The molecule has 0 unspecified atom stereocenters. The molecule has 0 aliphatic carbocycles. The Labute approximate surface area is 156 Å². The number of nitriles is 1. The van der Waals surface area contributed by atoms with Gasteiger partial charge in [0, 0.05) is 0 Å². The number of hydrogen-bond acceptors (Lipinski definition) is 2. The number of carbonyl (C=O) groups is 1. The van der Waals surface area contributed by atoms with Gasteiger partial charge in [0.2, 0.25) is 0 Å². The summed E-state index contributed by atoms with van der Waals surface area (Å²) in [7, 11) is 0. The lowest BCUT2D eigenvalue weighted by Crippen LogP contribution is -2.54. The van der Waals surface area contributed by atoms with E-state index in [9.17, 15) is 23.2 Å². The third-order valence-electron chi connectivity index (χ3n) is 4.43. The number of halogens is 3. The highest BCUT2D eigenvalue weighted by molar-refractivity contribution is 5.82. The van der Waals surface area contributed by atoms with E-state index in [1.165, 1.54) is 0 Å². The molecule has 2 rings (SSSR count). The largest absolute Gasteiger partial charge is 0.471 e. The van der Waals surface area contributed by atoms with Gasteiger partial charge in [0.05, 0.1) is 12.1 Å². The quantitative estimate of drug-likeness (QED) is 0.804. The van der Waals surface area contributed by atoms with Crippen LogP contribution in [0.4, 0.5) is 13.2 Å². The van der Waals surface area contributed by atoms with Gasteiger partial charge in [-0.05, 0) is 23.5 Å². The maximum absolute atomic E-state index is 12.9. The molecule has 6 heteroatoms. The lowest BCUT2D eigenvalue weighted by atomic mass is 9.68. The standard InChI is InChI=1S/C21H21F3N2O/c1-15(2)13-18(26-19(27)21(22,23)24)20(14-25,16-9-5-3-6-10-16)17-11-7-4-8-12-17/h3-12,15,18H,13H2,1-2H3,(H,26,27)/t18-/m0/s1. The molecule has 27 heavy (non-hydrogen) atoms. The Morgan fingerprint density at radius 2 is 1.44 bits per heavy atom. The van der Waals surface area contributed by atoms with E-state index in [0.717, 1.165) is 0 Å². The summed E-state index contributed by atoms with van der Waals surface area (Å²) in [4.78, 5) is 11.7. The molecule has 3 nitrogen and oxygen atoms in total.